The lowest BCUT2D eigenvalue weighted by molar-refractivity contribution is -0.384. The van der Waals surface area contributed by atoms with Crippen molar-refractivity contribution in [3.05, 3.63) is 39.9 Å². The summed E-state index contributed by atoms with van der Waals surface area (Å²) in [5.41, 5.74) is 0.957. The number of nitro groups is 1. The van der Waals surface area contributed by atoms with E-state index in [0.717, 1.165) is 43.4 Å². The van der Waals surface area contributed by atoms with Crippen molar-refractivity contribution in [1.29, 1.82) is 0 Å². The van der Waals surface area contributed by atoms with Gasteiger partial charge in [0, 0.05) is 18.6 Å². The van der Waals surface area contributed by atoms with Gasteiger partial charge in [-0.3, -0.25) is 14.9 Å². The van der Waals surface area contributed by atoms with Gasteiger partial charge >= 0.3 is 11.9 Å². The van der Waals surface area contributed by atoms with Gasteiger partial charge in [-0.25, -0.2) is 4.79 Å². The van der Waals surface area contributed by atoms with E-state index < -0.39 is 10.9 Å². The number of aliphatic carboxylic acids is 1. The summed E-state index contributed by atoms with van der Waals surface area (Å²) in [6.45, 7) is 7.31. The maximum Gasteiger partial charge on any atom is 0.338 e. The molecule has 1 aromatic carbocycles. The molecule has 0 aliphatic heterocycles. The molecule has 9 atom stereocenters. The SMILES string of the molecule is C[C@H](CCC(=O)O)[C@H]1CC[C@H]2[C@@H]3CC[C@@H]4C[C@H](OC(=O)c5ccc([N+](=O)[O-])cc5)CC[C@]4(C)[C@H]3CC[C@]12C. The van der Waals surface area contributed by atoms with Gasteiger partial charge in [0.05, 0.1) is 10.5 Å². The average molecular weight is 526 g/mol. The Morgan fingerprint density at radius 3 is 2.39 bits per heavy atom. The summed E-state index contributed by atoms with van der Waals surface area (Å²) < 4.78 is 5.92. The predicted octanol–water partition coefficient (Wildman–Crippen LogP) is 7.28. The van der Waals surface area contributed by atoms with Crippen molar-refractivity contribution in [3.8, 4) is 0 Å². The first-order valence-corrected chi connectivity index (χ1v) is 14.7. The number of nitro benzene ring substituents is 1. The number of nitrogens with zero attached hydrogens (tertiary/aromatic N) is 1. The van der Waals surface area contributed by atoms with Crippen LogP contribution in [-0.4, -0.2) is 28.1 Å². The highest BCUT2D eigenvalue weighted by Gasteiger charge is 2.60. The zero-order valence-electron chi connectivity index (χ0n) is 23.1. The topological polar surface area (TPSA) is 107 Å². The normalized spacial score (nSPS) is 38.8. The highest BCUT2D eigenvalue weighted by atomic mass is 16.6. The molecule has 5 rings (SSSR count). The monoisotopic (exact) mass is 525 g/mol. The number of esters is 1. The summed E-state index contributed by atoms with van der Waals surface area (Å²) in [6.07, 6.45) is 11.3. The molecule has 7 heteroatoms. The van der Waals surface area contributed by atoms with E-state index in [2.05, 4.69) is 20.8 Å². The van der Waals surface area contributed by atoms with Crippen molar-refractivity contribution in [2.75, 3.05) is 0 Å². The van der Waals surface area contributed by atoms with Crippen LogP contribution < -0.4 is 0 Å². The fraction of sp³-hybridized carbons (Fsp3) is 0.742. The van der Waals surface area contributed by atoms with Gasteiger partial charge in [-0.1, -0.05) is 20.8 Å². The van der Waals surface area contributed by atoms with Crippen LogP contribution in [0.5, 0.6) is 0 Å². The lowest BCUT2D eigenvalue weighted by Gasteiger charge is -2.61. The van der Waals surface area contributed by atoms with Gasteiger partial charge in [0.1, 0.15) is 6.10 Å². The number of fused-ring (bicyclic) bond motifs is 5. The number of hydrogen-bond acceptors (Lipinski definition) is 5. The minimum Gasteiger partial charge on any atom is -0.481 e. The third-order valence-corrected chi connectivity index (χ3v) is 11.8. The van der Waals surface area contributed by atoms with Crippen molar-refractivity contribution >= 4 is 17.6 Å². The number of carboxylic acids is 1. The van der Waals surface area contributed by atoms with Crippen LogP contribution in [0.4, 0.5) is 5.69 Å². The molecule has 0 heterocycles. The lowest BCUT2D eigenvalue weighted by Crippen LogP contribution is -2.54. The van der Waals surface area contributed by atoms with E-state index in [0.29, 0.717) is 28.7 Å². The molecule has 4 aliphatic carbocycles. The van der Waals surface area contributed by atoms with Gasteiger partial charge in [-0.05, 0) is 123 Å². The van der Waals surface area contributed by atoms with Crippen LogP contribution in [0.1, 0.15) is 102 Å². The second-order valence-corrected chi connectivity index (χ2v) is 13.4. The second kappa shape index (κ2) is 10.3. The van der Waals surface area contributed by atoms with Crippen LogP contribution >= 0.6 is 0 Å². The smallest absolute Gasteiger partial charge is 0.338 e. The largest absolute Gasteiger partial charge is 0.481 e. The maximum absolute atomic E-state index is 12.8. The Kier molecular flexibility index (Phi) is 7.34. The number of carboxylic acid groups (broad SMARTS) is 1. The molecule has 1 aromatic rings. The van der Waals surface area contributed by atoms with Gasteiger partial charge in [0.2, 0.25) is 0 Å². The Balaban J connectivity index is 1.22. The molecule has 4 fully saturated rings. The molecular formula is C31H43NO6. The van der Waals surface area contributed by atoms with Gasteiger partial charge < -0.3 is 9.84 Å². The molecule has 0 bridgehead atoms. The number of non-ortho nitro benzene ring substituents is 1. The number of benzene rings is 1. The lowest BCUT2D eigenvalue weighted by atomic mass is 9.44. The fourth-order valence-electron chi connectivity index (χ4n) is 9.79. The van der Waals surface area contributed by atoms with Crippen molar-refractivity contribution in [2.45, 2.75) is 97.5 Å². The Labute approximate surface area is 225 Å². The van der Waals surface area contributed by atoms with Gasteiger partial charge in [0.25, 0.3) is 5.69 Å². The molecule has 7 nitrogen and oxygen atoms in total. The van der Waals surface area contributed by atoms with Crippen molar-refractivity contribution < 1.29 is 24.4 Å². The Hall–Kier alpha value is -2.44. The Morgan fingerprint density at radius 2 is 1.71 bits per heavy atom. The van der Waals surface area contributed by atoms with Gasteiger partial charge in [-0.2, -0.15) is 0 Å². The predicted molar refractivity (Wildman–Crippen MR) is 144 cm³/mol. The van der Waals surface area contributed by atoms with E-state index >= 15 is 0 Å². The summed E-state index contributed by atoms with van der Waals surface area (Å²) in [7, 11) is 0. The molecule has 0 aromatic heterocycles. The molecule has 0 unspecified atom stereocenters. The van der Waals surface area contributed by atoms with Gasteiger partial charge in [-0.15, -0.1) is 0 Å². The van der Waals surface area contributed by atoms with Crippen LogP contribution in [0.25, 0.3) is 0 Å². The quantitative estimate of drug-likeness (QED) is 0.228. The zero-order chi connectivity index (χ0) is 27.2. The molecule has 0 amide bonds. The number of carbonyl (C=O) groups is 2. The molecule has 208 valence electrons. The number of carbonyl (C=O) groups excluding carboxylic acids is 1. The van der Waals surface area contributed by atoms with E-state index in [1.54, 1.807) is 0 Å². The maximum atomic E-state index is 12.8. The van der Waals surface area contributed by atoms with Crippen molar-refractivity contribution in [1.82, 2.24) is 0 Å². The van der Waals surface area contributed by atoms with Crippen LogP contribution in [0.3, 0.4) is 0 Å². The summed E-state index contributed by atoms with van der Waals surface area (Å²) in [4.78, 5) is 34.4. The first-order chi connectivity index (χ1) is 18.0. The third-order valence-electron chi connectivity index (χ3n) is 11.8. The average Bonchev–Trinajstić information content (AvgIpc) is 3.24. The first kappa shape index (κ1) is 27.1. The molecule has 38 heavy (non-hydrogen) atoms. The minimum absolute atomic E-state index is 0.0291. The number of hydrogen-bond donors (Lipinski definition) is 1. The van der Waals surface area contributed by atoms with E-state index in [1.165, 1.54) is 62.8 Å². The van der Waals surface area contributed by atoms with Crippen LogP contribution in [0.15, 0.2) is 24.3 Å². The second-order valence-electron chi connectivity index (χ2n) is 13.4. The van der Waals surface area contributed by atoms with Crippen molar-refractivity contribution in [3.63, 3.8) is 0 Å². The number of rotatable bonds is 7. The number of ether oxygens (including phenoxy) is 1. The minimum atomic E-state index is -0.680. The summed E-state index contributed by atoms with van der Waals surface area (Å²) in [6, 6.07) is 5.67. The van der Waals surface area contributed by atoms with Crippen LogP contribution in [0.2, 0.25) is 0 Å². The molecule has 0 saturated heterocycles. The van der Waals surface area contributed by atoms with Crippen molar-refractivity contribution in [2.24, 2.45) is 46.3 Å². The van der Waals surface area contributed by atoms with E-state index in [1.807, 2.05) is 0 Å². The molecule has 4 saturated carbocycles. The Bertz CT molecular complexity index is 1070. The third kappa shape index (κ3) is 4.75. The highest BCUT2D eigenvalue weighted by molar-refractivity contribution is 5.89. The van der Waals surface area contributed by atoms with E-state index in [9.17, 15) is 24.8 Å². The summed E-state index contributed by atoms with van der Waals surface area (Å²) in [5.74, 6) is 2.81. The fourth-order valence-corrected chi connectivity index (χ4v) is 9.79. The molecular weight excluding hydrogens is 482 g/mol. The van der Waals surface area contributed by atoms with E-state index in [-0.39, 0.29) is 29.6 Å². The van der Waals surface area contributed by atoms with E-state index in [4.69, 9.17) is 4.74 Å². The first-order valence-electron chi connectivity index (χ1n) is 14.7. The summed E-state index contributed by atoms with van der Waals surface area (Å²) in [5, 5.41) is 20.1. The molecule has 1 N–H and O–H groups in total. The zero-order valence-corrected chi connectivity index (χ0v) is 23.1. The molecule has 0 radical (unpaired) electrons. The van der Waals surface area contributed by atoms with Crippen LogP contribution in [-0.2, 0) is 9.53 Å². The molecule has 0 spiro atoms. The summed E-state index contributed by atoms with van der Waals surface area (Å²) >= 11 is 0. The van der Waals surface area contributed by atoms with Crippen LogP contribution in [0, 0.1) is 56.5 Å². The van der Waals surface area contributed by atoms with Gasteiger partial charge in [0.15, 0.2) is 0 Å². The highest BCUT2D eigenvalue weighted by Crippen LogP contribution is 2.68. The Morgan fingerprint density at radius 1 is 1.03 bits per heavy atom. The standard InChI is InChI=1S/C31H43NO6/c1-19(4-13-28(33)34)25-11-12-26-24-10-7-21-18-23(14-16-30(21,2)27(24)15-17-31(25,26)3)38-29(35)20-5-8-22(9-6-20)32(36)37/h5-6,8-9,19,21,23-27H,4,7,10-18H2,1-3H3,(H,33,34)/t19-,21-,23-,24+,25-,26+,27+,30+,31-/m1/s1. The molecule has 4 aliphatic rings.